The van der Waals surface area contributed by atoms with E-state index in [4.69, 9.17) is 0 Å². The molecule has 6 nitrogen and oxygen atoms in total. The number of carbonyl (C=O) groups is 1. The van der Waals surface area contributed by atoms with E-state index >= 15 is 0 Å². The van der Waals surface area contributed by atoms with Gasteiger partial charge in [0.1, 0.15) is 5.52 Å². The summed E-state index contributed by atoms with van der Waals surface area (Å²) in [4.78, 5) is 20.1. The molecule has 6 heteroatoms. The first-order valence-corrected chi connectivity index (χ1v) is 6.86. The minimum atomic E-state index is -0.712. The molecule has 0 saturated heterocycles. The van der Waals surface area contributed by atoms with Gasteiger partial charge < -0.3 is 15.0 Å². The number of nitrogens with zero attached hydrogens (tertiary/aromatic N) is 3. The van der Waals surface area contributed by atoms with E-state index in [1.54, 1.807) is 12.5 Å². The molecule has 0 atom stereocenters. The van der Waals surface area contributed by atoms with Crippen molar-refractivity contribution in [1.82, 2.24) is 14.5 Å². The Kier molecular flexibility index (Phi) is 3.08. The summed E-state index contributed by atoms with van der Waals surface area (Å²) >= 11 is 0. The van der Waals surface area contributed by atoms with E-state index in [0.717, 1.165) is 36.7 Å². The smallest absolute Gasteiger partial charge is 0.311 e. The first kappa shape index (κ1) is 12.9. The predicted molar refractivity (Wildman–Crippen MR) is 75.5 cm³/mol. The number of rotatable bonds is 4. The number of aryl methyl sites for hydroxylation is 1. The summed E-state index contributed by atoms with van der Waals surface area (Å²) in [6, 6.07) is 1.90. The van der Waals surface area contributed by atoms with Gasteiger partial charge >= 0.3 is 5.97 Å². The molecule has 2 heterocycles. The highest BCUT2D eigenvalue weighted by Crippen LogP contribution is 2.38. The number of hydrogen-bond donors (Lipinski definition) is 2. The second-order valence-electron chi connectivity index (χ2n) is 5.53. The molecular weight excluding hydrogens is 256 g/mol. The predicted octanol–water partition coefficient (Wildman–Crippen LogP) is 2.03. The normalized spacial score (nSPS) is 17.4. The van der Waals surface area contributed by atoms with Gasteiger partial charge in [0.25, 0.3) is 0 Å². The number of carboxylic acids is 1. The van der Waals surface area contributed by atoms with Gasteiger partial charge in [0.05, 0.1) is 17.3 Å². The monoisotopic (exact) mass is 274 g/mol. The standard InChI is InChI=1S/C14H18N4O2/c1-18-9-17-11-10(18)4-7-15-12(11)16-8-14(13(19)20)5-2-3-6-14/h4,7,9H,2-3,5-6,8H2,1H3,(H,15,16)(H,19,20). The lowest BCUT2D eigenvalue weighted by atomic mass is 9.86. The molecular formula is C14H18N4O2. The van der Waals surface area contributed by atoms with Crippen LogP contribution in [-0.4, -0.2) is 32.2 Å². The molecule has 0 amide bonds. The lowest BCUT2D eigenvalue weighted by molar-refractivity contribution is -0.147. The largest absolute Gasteiger partial charge is 0.481 e. The van der Waals surface area contributed by atoms with Crippen molar-refractivity contribution in [3.8, 4) is 0 Å². The van der Waals surface area contributed by atoms with Gasteiger partial charge in [-0.2, -0.15) is 0 Å². The maximum Gasteiger partial charge on any atom is 0.311 e. The maximum absolute atomic E-state index is 11.5. The van der Waals surface area contributed by atoms with Crippen molar-refractivity contribution in [2.24, 2.45) is 12.5 Å². The Morgan fingerprint density at radius 3 is 2.90 bits per heavy atom. The topological polar surface area (TPSA) is 80.0 Å². The summed E-state index contributed by atoms with van der Waals surface area (Å²) in [7, 11) is 1.93. The first-order valence-electron chi connectivity index (χ1n) is 6.86. The first-order chi connectivity index (χ1) is 9.62. The van der Waals surface area contributed by atoms with Crippen LogP contribution in [0.15, 0.2) is 18.6 Å². The van der Waals surface area contributed by atoms with E-state index in [-0.39, 0.29) is 0 Å². The van der Waals surface area contributed by atoms with Crippen LogP contribution in [0.1, 0.15) is 25.7 Å². The van der Waals surface area contributed by atoms with Crippen molar-refractivity contribution < 1.29 is 9.90 Å². The molecule has 1 saturated carbocycles. The van der Waals surface area contributed by atoms with Gasteiger partial charge in [0, 0.05) is 19.8 Å². The Labute approximate surface area is 116 Å². The van der Waals surface area contributed by atoms with Gasteiger partial charge in [-0.05, 0) is 18.9 Å². The third kappa shape index (κ3) is 2.01. The highest BCUT2D eigenvalue weighted by atomic mass is 16.4. The van der Waals surface area contributed by atoms with Gasteiger partial charge in [-0.15, -0.1) is 0 Å². The van der Waals surface area contributed by atoms with E-state index in [2.05, 4.69) is 15.3 Å². The SMILES string of the molecule is Cn1cnc2c(NCC3(C(=O)O)CCCC3)nccc21. The minimum absolute atomic E-state index is 0.408. The summed E-state index contributed by atoms with van der Waals surface area (Å²) < 4.78 is 1.92. The lowest BCUT2D eigenvalue weighted by Gasteiger charge is -2.24. The van der Waals surface area contributed by atoms with Crippen LogP contribution in [0, 0.1) is 5.41 Å². The number of nitrogens with one attached hydrogen (secondary N) is 1. The van der Waals surface area contributed by atoms with Crippen LogP contribution in [-0.2, 0) is 11.8 Å². The zero-order valence-electron chi connectivity index (χ0n) is 11.5. The molecule has 1 fully saturated rings. The van der Waals surface area contributed by atoms with E-state index in [1.807, 2.05) is 17.7 Å². The number of hydrogen-bond acceptors (Lipinski definition) is 4. The second-order valence-corrected chi connectivity index (χ2v) is 5.53. The van der Waals surface area contributed by atoms with Crippen molar-refractivity contribution in [1.29, 1.82) is 0 Å². The van der Waals surface area contributed by atoms with Crippen LogP contribution in [0.5, 0.6) is 0 Å². The molecule has 0 unspecified atom stereocenters. The van der Waals surface area contributed by atoms with E-state index in [0.29, 0.717) is 12.4 Å². The lowest BCUT2D eigenvalue weighted by Crippen LogP contribution is -2.35. The average Bonchev–Trinajstić information content (AvgIpc) is 3.05. The van der Waals surface area contributed by atoms with Gasteiger partial charge in [0.15, 0.2) is 5.82 Å². The van der Waals surface area contributed by atoms with Crippen LogP contribution >= 0.6 is 0 Å². The van der Waals surface area contributed by atoms with E-state index in [9.17, 15) is 9.90 Å². The fourth-order valence-electron chi connectivity index (χ4n) is 2.96. The van der Waals surface area contributed by atoms with Crippen LogP contribution in [0.3, 0.4) is 0 Å². The number of aromatic nitrogens is 3. The molecule has 3 rings (SSSR count). The number of pyridine rings is 1. The van der Waals surface area contributed by atoms with Crippen LogP contribution in [0.4, 0.5) is 5.82 Å². The third-order valence-electron chi connectivity index (χ3n) is 4.25. The maximum atomic E-state index is 11.5. The average molecular weight is 274 g/mol. The number of imidazole rings is 1. The van der Waals surface area contributed by atoms with Gasteiger partial charge in [-0.3, -0.25) is 4.79 Å². The summed E-state index contributed by atoms with van der Waals surface area (Å²) in [5, 5.41) is 12.7. The molecule has 0 radical (unpaired) electrons. The van der Waals surface area contributed by atoms with E-state index in [1.165, 1.54) is 0 Å². The van der Waals surface area contributed by atoms with Crippen molar-refractivity contribution in [2.45, 2.75) is 25.7 Å². The molecule has 20 heavy (non-hydrogen) atoms. The molecule has 1 aliphatic rings. The minimum Gasteiger partial charge on any atom is -0.481 e. The summed E-state index contributed by atoms with van der Waals surface area (Å²) in [5.41, 5.74) is 1.12. The molecule has 0 spiro atoms. The van der Waals surface area contributed by atoms with Crippen LogP contribution < -0.4 is 5.32 Å². The Balaban J connectivity index is 1.85. The molecule has 1 aliphatic carbocycles. The van der Waals surface area contributed by atoms with Crippen LogP contribution in [0.2, 0.25) is 0 Å². The summed E-state index contributed by atoms with van der Waals surface area (Å²) in [6.07, 6.45) is 6.87. The molecule has 0 aliphatic heterocycles. The molecule has 2 aromatic rings. The second kappa shape index (κ2) is 4.77. The van der Waals surface area contributed by atoms with Gasteiger partial charge in [-0.1, -0.05) is 12.8 Å². The molecule has 2 N–H and O–H groups in total. The highest BCUT2D eigenvalue weighted by Gasteiger charge is 2.41. The molecule has 2 aromatic heterocycles. The zero-order chi connectivity index (χ0) is 14.2. The van der Waals surface area contributed by atoms with E-state index < -0.39 is 11.4 Å². The van der Waals surface area contributed by atoms with Crippen molar-refractivity contribution in [2.75, 3.05) is 11.9 Å². The van der Waals surface area contributed by atoms with Gasteiger partial charge in [-0.25, -0.2) is 9.97 Å². The molecule has 0 bridgehead atoms. The third-order valence-corrected chi connectivity index (χ3v) is 4.25. The zero-order valence-corrected chi connectivity index (χ0v) is 11.5. The summed E-state index contributed by atoms with van der Waals surface area (Å²) in [6.45, 7) is 0.408. The number of carboxylic acid groups (broad SMARTS) is 1. The van der Waals surface area contributed by atoms with Gasteiger partial charge in [0.2, 0.25) is 0 Å². The van der Waals surface area contributed by atoms with Crippen LogP contribution in [0.25, 0.3) is 11.0 Å². The Morgan fingerprint density at radius 1 is 1.45 bits per heavy atom. The number of anilines is 1. The van der Waals surface area contributed by atoms with Crippen molar-refractivity contribution >= 4 is 22.8 Å². The Hall–Kier alpha value is -2.11. The Bertz CT molecular complexity index is 644. The molecule has 0 aromatic carbocycles. The summed E-state index contributed by atoms with van der Waals surface area (Å²) in [5.74, 6) is -0.0497. The van der Waals surface area contributed by atoms with Crippen molar-refractivity contribution in [3.05, 3.63) is 18.6 Å². The highest BCUT2D eigenvalue weighted by molar-refractivity contribution is 5.86. The van der Waals surface area contributed by atoms with Crippen molar-refractivity contribution in [3.63, 3.8) is 0 Å². The Morgan fingerprint density at radius 2 is 2.20 bits per heavy atom. The molecule has 106 valence electrons. The number of fused-ring (bicyclic) bond motifs is 1. The fourth-order valence-corrected chi connectivity index (χ4v) is 2.96. The fraction of sp³-hybridized carbons (Fsp3) is 0.500. The number of aliphatic carboxylic acids is 1. The quantitative estimate of drug-likeness (QED) is 0.891.